The number of nitrogens with one attached hydrogen (secondary N) is 1. The van der Waals surface area contributed by atoms with E-state index in [9.17, 15) is 27.1 Å². The summed E-state index contributed by atoms with van der Waals surface area (Å²) in [5.41, 5.74) is -0.668. The number of halogens is 2. The minimum absolute atomic E-state index is 0.0891. The molecule has 0 spiro atoms. The molecular formula is C25H22F2N2O4S. The third-order valence-corrected chi connectivity index (χ3v) is 7.07. The van der Waals surface area contributed by atoms with Crippen LogP contribution < -0.4 is 5.32 Å². The van der Waals surface area contributed by atoms with Gasteiger partial charge in [-0.3, -0.25) is 4.79 Å². The van der Waals surface area contributed by atoms with Crippen molar-refractivity contribution >= 4 is 27.1 Å². The van der Waals surface area contributed by atoms with E-state index >= 15 is 0 Å². The van der Waals surface area contributed by atoms with Crippen LogP contribution >= 0.6 is 0 Å². The van der Waals surface area contributed by atoms with Crippen LogP contribution in [0.4, 0.5) is 20.2 Å². The molecule has 9 heteroatoms. The topological polar surface area (TPSA) is 87.8 Å². The Balaban J connectivity index is 1.99. The van der Waals surface area contributed by atoms with E-state index in [-0.39, 0.29) is 16.1 Å². The zero-order valence-electron chi connectivity index (χ0n) is 18.5. The summed E-state index contributed by atoms with van der Waals surface area (Å²) in [5.74, 6) is -3.94. The van der Waals surface area contributed by atoms with Gasteiger partial charge in [-0.1, -0.05) is 23.8 Å². The minimum Gasteiger partial charge on any atom is -0.379 e. The molecule has 2 N–H and O–H groups in total. The maximum absolute atomic E-state index is 13.7. The van der Waals surface area contributed by atoms with Crippen molar-refractivity contribution in [2.45, 2.75) is 30.8 Å². The van der Waals surface area contributed by atoms with E-state index in [2.05, 4.69) is 10.2 Å². The van der Waals surface area contributed by atoms with Crippen LogP contribution in [0, 0.1) is 32.1 Å². The number of hydrogen-bond donors (Lipinski definition) is 2. The molecule has 0 bridgehead atoms. The lowest BCUT2D eigenvalue weighted by Gasteiger charge is -2.27. The molecule has 1 atom stereocenters. The number of anilines is 1. The van der Waals surface area contributed by atoms with E-state index < -0.39 is 45.2 Å². The molecule has 0 saturated heterocycles. The predicted molar refractivity (Wildman–Crippen MR) is 124 cm³/mol. The second-order valence-electron chi connectivity index (χ2n) is 8.13. The number of aryl methyl sites for hydroxylation is 2. The van der Waals surface area contributed by atoms with E-state index in [4.69, 9.17) is 6.57 Å². The Morgan fingerprint density at radius 2 is 1.65 bits per heavy atom. The van der Waals surface area contributed by atoms with Gasteiger partial charge in [0.1, 0.15) is 11.6 Å². The molecule has 176 valence electrons. The first-order valence-corrected chi connectivity index (χ1v) is 11.8. The van der Waals surface area contributed by atoms with Crippen LogP contribution in [0.3, 0.4) is 0 Å². The van der Waals surface area contributed by atoms with Crippen LogP contribution in [-0.4, -0.2) is 30.8 Å². The van der Waals surface area contributed by atoms with Gasteiger partial charge < -0.3 is 10.4 Å². The Morgan fingerprint density at radius 3 is 2.21 bits per heavy atom. The van der Waals surface area contributed by atoms with Crippen molar-refractivity contribution in [3.8, 4) is 0 Å². The first kappa shape index (κ1) is 25.0. The lowest BCUT2D eigenvalue weighted by molar-refractivity contribution is -0.131. The molecule has 0 aliphatic rings. The van der Waals surface area contributed by atoms with E-state index in [0.29, 0.717) is 17.3 Å². The van der Waals surface area contributed by atoms with Crippen molar-refractivity contribution in [3.63, 3.8) is 0 Å². The van der Waals surface area contributed by atoms with E-state index in [1.807, 2.05) is 0 Å². The maximum Gasteiger partial charge on any atom is 0.257 e. The summed E-state index contributed by atoms with van der Waals surface area (Å²) in [6.45, 7) is 10.6. The summed E-state index contributed by atoms with van der Waals surface area (Å²) >= 11 is 0. The van der Waals surface area contributed by atoms with Gasteiger partial charge in [0.25, 0.3) is 5.91 Å². The zero-order valence-corrected chi connectivity index (χ0v) is 19.3. The van der Waals surface area contributed by atoms with Gasteiger partial charge in [-0.05, 0) is 61.4 Å². The van der Waals surface area contributed by atoms with Gasteiger partial charge in [-0.15, -0.1) is 0 Å². The zero-order chi connectivity index (χ0) is 25.1. The lowest BCUT2D eigenvalue weighted by atomic mass is 9.95. The Kier molecular flexibility index (Phi) is 7.15. The summed E-state index contributed by atoms with van der Waals surface area (Å²) in [6, 6.07) is 12.8. The number of carbonyl (C=O) groups is 1. The second-order valence-corrected chi connectivity index (χ2v) is 10.1. The summed E-state index contributed by atoms with van der Waals surface area (Å²) in [5, 5.41) is 13.8. The molecule has 3 rings (SSSR count). The van der Waals surface area contributed by atoms with Crippen LogP contribution in [0.5, 0.6) is 0 Å². The standard InChI is InChI=1S/C25H22F2N2O4S/c1-16-4-7-22(8-5-16)34(32,33)15-25(31,14-18-11-19(26)13-20(27)12-18)24(30)29-21-6-9-23(28-3)17(2)10-21/h4-13,31H,14-15H2,1-2H3,(H,29,30)/t25-/m0/s1. The normalized spacial score (nSPS) is 13.1. The monoisotopic (exact) mass is 484 g/mol. The molecule has 0 fully saturated rings. The lowest BCUT2D eigenvalue weighted by Crippen LogP contribution is -2.50. The molecule has 0 aliphatic carbocycles. The molecule has 1 amide bonds. The van der Waals surface area contributed by atoms with E-state index in [1.165, 1.54) is 30.3 Å². The summed E-state index contributed by atoms with van der Waals surface area (Å²) < 4.78 is 53.6. The van der Waals surface area contributed by atoms with Crippen LogP contribution in [-0.2, 0) is 21.1 Å². The molecule has 3 aromatic rings. The van der Waals surface area contributed by atoms with Crippen LogP contribution in [0.25, 0.3) is 4.85 Å². The van der Waals surface area contributed by atoms with Gasteiger partial charge >= 0.3 is 0 Å². The molecule has 34 heavy (non-hydrogen) atoms. The molecule has 0 saturated carbocycles. The van der Waals surface area contributed by atoms with Gasteiger partial charge in [-0.25, -0.2) is 22.0 Å². The third-order valence-electron chi connectivity index (χ3n) is 5.23. The van der Waals surface area contributed by atoms with Gasteiger partial charge in [0, 0.05) is 18.2 Å². The van der Waals surface area contributed by atoms with Gasteiger partial charge in [0.05, 0.1) is 17.2 Å². The predicted octanol–water partition coefficient (Wildman–Crippen LogP) is 4.52. The number of hydrogen-bond acceptors (Lipinski definition) is 4. The molecule has 0 heterocycles. The molecule has 0 radical (unpaired) electrons. The smallest absolute Gasteiger partial charge is 0.257 e. The number of amides is 1. The first-order chi connectivity index (χ1) is 15.9. The number of carbonyl (C=O) groups excluding carboxylic acids is 1. The van der Waals surface area contributed by atoms with Crippen molar-refractivity contribution < 1.29 is 27.1 Å². The molecule has 0 aromatic heterocycles. The Morgan fingerprint density at radius 1 is 1.03 bits per heavy atom. The minimum atomic E-state index is -4.17. The average molecular weight is 485 g/mol. The fourth-order valence-corrected chi connectivity index (χ4v) is 5.08. The number of aliphatic hydroxyl groups is 1. The third kappa shape index (κ3) is 5.84. The summed E-state index contributed by atoms with van der Waals surface area (Å²) in [6.07, 6.45) is -0.655. The summed E-state index contributed by atoms with van der Waals surface area (Å²) in [7, 11) is -4.17. The Hall–Kier alpha value is -3.61. The van der Waals surface area contributed by atoms with E-state index in [1.54, 1.807) is 26.0 Å². The number of sulfone groups is 1. The van der Waals surface area contributed by atoms with Crippen LogP contribution in [0.1, 0.15) is 16.7 Å². The first-order valence-electron chi connectivity index (χ1n) is 10.2. The van der Waals surface area contributed by atoms with Crippen molar-refractivity contribution in [1.29, 1.82) is 0 Å². The highest BCUT2D eigenvalue weighted by Crippen LogP contribution is 2.26. The Bertz CT molecular complexity index is 1360. The van der Waals surface area contributed by atoms with Crippen molar-refractivity contribution in [2.75, 3.05) is 11.1 Å². The highest BCUT2D eigenvalue weighted by molar-refractivity contribution is 7.91. The quantitative estimate of drug-likeness (QED) is 0.483. The molecule has 6 nitrogen and oxygen atoms in total. The number of rotatable bonds is 7. The molecule has 3 aromatic carbocycles. The molecule has 0 aliphatic heterocycles. The van der Waals surface area contributed by atoms with Crippen molar-refractivity contribution in [3.05, 3.63) is 100 Å². The van der Waals surface area contributed by atoms with Gasteiger partial charge in [-0.2, -0.15) is 0 Å². The van der Waals surface area contributed by atoms with E-state index in [0.717, 1.165) is 17.7 Å². The Labute approximate surface area is 196 Å². The van der Waals surface area contributed by atoms with Gasteiger partial charge in [0.15, 0.2) is 21.1 Å². The SMILES string of the molecule is [C-]#[N+]c1ccc(NC(=O)[C@](O)(Cc2cc(F)cc(F)c2)CS(=O)(=O)c2ccc(C)cc2)cc1C. The van der Waals surface area contributed by atoms with Crippen LogP contribution in [0.15, 0.2) is 65.6 Å². The fraction of sp³-hybridized carbons (Fsp3) is 0.200. The second kappa shape index (κ2) is 9.71. The van der Waals surface area contributed by atoms with Gasteiger partial charge in [0.2, 0.25) is 0 Å². The van der Waals surface area contributed by atoms with Crippen molar-refractivity contribution in [1.82, 2.24) is 0 Å². The fourth-order valence-electron chi connectivity index (χ4n) is 3.50. The summed E-state index contributed by atoms with van der Waals surface area (Å²) in [4.78, 5) is 16.4. The largest absolute Gasteiger partial charge is 0.379 e. The average Bonchev–Trinajstić information content (AvgIpc) is 2.73. The highest BCUT2D eigenvalue weighted by Gasteiger charge is 2.41. The van der Waals surface area contributed by atoms with Crippen molar-refractivity contribution in [2.24, 2.45) is 0 Å². The molecular weight excluding hydrogens is 462 g/mol. The number of nitrogens with zero attached hydrogens (tertiary/aromatic N) is 1. The van der Waals surface area contributed by atoms with Crippen LogP contribution in [0.2, 0.25) is 0 Å². The molecule has 0 unspecified atom stereocenters. The number of benzene rings is 3. The highest BCUT2D eigenvalue weighted by atomic mass is 32.2. The maximum atomic E-state index is 13.7.